The third kappa shape index (κ3) is 40.2. The van der Waals surface area contributed by atoms with Gasteiger partial charge in [0.05, 0.1) is 0 Å². The van der Waals surface area contributed by atoms with Gasteiger partial charge in [0.2, 0.25) is 17.7 Å². The van der Waals surface area contributed by atoms with E-state index < -0.39 is 6.09 Å². The van der Waals surface area contributed by atoms with Crippen molar-refractivity contribution in [1.29, 1.82) is 0 Å². The van der Waals surface area contributed by atoms with Gasteiger partial charge in [0.25, 0.3) is 0 Å². The van der Waals surface area contributed by atoms with Crippen molar-refractivity contribution < 1.29 is 43.0 Å². The van der Waals surface area contributed by atoms with E-state index in [4.69, 9.17) is 9.47 Å². The number of ether oxygens (including phenoxy) is 2. The number of hydrogen-bond acceptors (Lipinski definition) is 10. The molecule has 2 rings (SSSR count). The van der Waals surface area contributed by atoms with Crippen LogP contribution < -0.4 is 26.0 Å². The second kappa shape index (κ2) is 50.7. The minimum absolute atomic E-state index is 0.0235. The molecule has 0 heterocycles. The summed E-state index contributed by atoms with van der Waals surface area (Å²) in [4.78, 5) is 91.2. The first-order valence-corrected chi connectivity index (χ1v) is 34.8. The summed E-state index contributed by atoms with van der Waals surface area (Å²) in [5.41, 5.74) is 2.16. The monoisotopic (exact) mass is 1210 g/mol. The molecule has 0 spiro atoms. The summed E-state index contributed by atoms with van der Waals surface area (Å²) in [5, 5.41) is 12.2. The second-order valence-corrected chi connectivity index (χ2v) is 25.5. The molecule has 0 unspecified atom stereocenters. The number of carbonyl (C=O) groups is 7. The van der Waals surface area contributed by atoms with Gasteiger partial charge in [0.15, 0.2) is 0 Å². The summed E-state index contributed by atoms with van der Waals surface area (Å²) < 4.78 is 11.5. The maximum absolute atomic E-state index is 13.1. The van der Waals surface area contributed by atoms with Gasteiger partial charge in [-0.1, -0.05) is 181 Å². The number of unbranched alkanes of at least 4 members (excludes halogenated alkanes) is 12. The van der Waals surface area contributed by atoms with Crippen molar-refractivity contribution in [3.63, 3.8) is 0 Å². The van der Waals surface area contributed by atoms with E-state index in [-0.39, 0.29) is 59.8 Å². The second-order valence-electron chi connectivity index (χ2n) is 25.5. The fourth-order valence-electron chi connectivity index (χ4n) is 10.9. The van der Waals surface area contributed by atoms with Crippen LogP contribution in [-0.2, 0) is 46.5 Å². The Morgan fingerprint density at radius 1 is 0.391 bits per heavy atom. The van der Waals surface area contributed by atoms with Crippen LogP contribution in [0.1, 0.15) is 259 Å². The first-order valence-electron chi connectivity index (χ1n) is 34.8. The number of carbonyl (C=O) groups excluding carboxylic acids is 7. The summed E-state index contributed by atoms with van der Waals surface area (Å²) in [6.45, 7) is 21.8. The number of alkyl carbamates (subject to hydrolysis) is 1. The van der Waals surface area contributed by atoms with Crippen LogP contribution in [0.3, 0.4) is 0 Å². The maximum atomic E-state index is 13.1. The molecule has 0 aliphatic carbocycles. The topological polar surface area (TPSA) is 189 Å². The normalized spacial score (nSPS) is 13.4. The van der Waals surface area contributed by atoms with Crippen molar-refractivity contribution >= 4 is 41.2 Å². The summed E-state index contributed by atoms with van der Waals surface area (Å²) in [6.07, 6.45) is 27.8. The lowest BCUT2D eigenvalue weighted by Gasteiger charge is -2.23. The van der Waals surface area contributed by atoms with Crippen molar-refractivity contribution in [3.05, 3.63) is 65.7 Å². The highest BCUT2D eigenvalue weighted by molar-refractivity contribution is 5.82. The van der Waals surface area contributed by atoms with E-state index in [1.165, 1.54) is 18.4 Å². The number of ketones is 3. The van der Waals surface area contributed by atoms with Gasteiger partial charge in [-0.05, 0) is 133 Å². The number of nitrogens with zero attached hydrogens (tertiary/aromatic N) is 1. The number of hydrogen-bond donors (Lipinski definition) is 4. The highest BCUT2D eigenvalue weighted by atomic mass is 16.5. The molecular weight excluding hydrogens is 1090 g/mol. The molecular formula is C73H123N5O9. The third-order valence-corrected chi connectivity index (χ3v) is 17.4. The Labute approximate surface area is 528 Å². The highest BCUT2D eigenvalue weighted by Gasteiger charge is 2.19. The summed E-state index contributed by atoms with van der Waals surface area (Å²) in [6, 6.07) is 17.8. The molecule has 0 fully saturated rings. The quantitative estimate of drug-likeness (QED) is 0.0464. The van der Waals surface area contributed by atoms with Gasteiger partial charge in [0, 0.05) is 87.5 Å². The largest absolute Gasteiger partial charge is 0.492 e. The average molecular weight is 1210 g/mol. The van der Waals surface area contributed by atoms with Crippen molar-refractivity contribution in [2.45, 2.75) is 261 Å². The Kier molecular flexibility index (Phi) is 45.5. The third-order valence-electron chi connectivity index (χ3n) is 17.4. The van der Waals surface area contributed by atoms with E-state index in [2.05, 4.69) is 59.1 Å². The average Bonchev–Trinajstić information content (AvgIpc) is 3.58. The number of rotatable bonds is 56. The van der Waals surface area contributed by atoms with Crippen LogP contribution in [0.25, 0.3) is 0 Å². The summed E-state index contributed by atoms with van der Waals surface area (Å²) in [5.74, 6) is 2.15. The number of nitrogens with one attached hydrogen (secondary N) is 4. The lowest BCUT2D eigenvalue weighted by molar-refractivity contribution is -0.125. The molecule has 14 nitrogen and oxygen atoms in total. The predicted molar refractivity (Wildman–Crippen MR) is 356 cm³/mol. The molecule has 2 aromatic rings. The van der Waals surface area contributed by atoms with Crippen molar-refractivity contribution in [2.24, 2.45) is 35.5 Å². The zero-order valence-electron chi connectivity index (χ0n) is 56.1. The minimum atomic E-state index is -0.407. The van der Waals surface area contributed by atoms with Gasteiger partial charge in [-0.2, -0.15) is 0 Å². The lowest BCUT2D eigenvalue weighted by atomic mass is 9.92. The number of Topliss-reactive ketones (excluding diaryl/α,β-unsaturated/α-hetero) is 3. The molecule has 14 heteroatoms. The van der Waals surface area contributed by atoms with E-state index in [0.717, 1.165) is 191 Å². The molecule has 2 aromatic carbocycles. The molecule has 6 atom stereocenters. The molecule has 0 aliphatic rings. The lowest BCUT2D eigenvalue weighted by Crippen LogP contribution is -2.36. The number of amides is 4. The molecule has 0 saturated carbocycles. The predicted octanol–water partition coefficient (Wildman–Crippen LogP) is 15.5. The van der Waals surface area contributed by atoms with E-state index in [1.807, 2.05) is 77.1 Å². The Balaban J connectivity index is 1.73. The van der Waals surface area contributed by atoms with Gasteiger partial charge in [0.1, 0.15) is 36.3 Å². The van der Waals surface area contributed by atoms with Gasteiger partial charge in [-0.25, -0.2) is 4.79 Å². The van der Waals surface area contributed by atoms with E-state index >= 15 is 0 Å². The Morgan fingerprint density at radius 3 is 1.23 bits per heavy atom. The van der Waals surface area contributed by atoms with Crippen LogP contribution in [0, 0.1) is 35.5 Å². The summed E-state index contributed by atoms with van der Waals surface area (Å²) >= 11 is 0. The standard InChI is InChI=1S/C73H123N5O9/c1-9-11-17-33-58(3)67(79)42-24-13-19-34-59(4)68(80)43-25-14-20-37-62(7)71(83)75-51-31-53-78(55-56-86-66-47-45-64(46-48-66)39-28-30-50-77-73(85)87-57-65-40-22-16-23-41-65)54-32-52-76-72(84)63(8)38-21-15-26-44-69(81)60(5)35-27-29-49-74-70(82)61(6)36-18-12-10-2/h16,22-23,40-41,45-48,58-63H,9-15,17-21,24-39,42-44,49-57H2,1-8H3,(H,74,82)(H,75,83)(H,76,84)(H,77,85)/t58-,59-,60-,61-,62-,63-/m0/s1. The fraction of sp³-hybridized carbons (Fsp3) is 0.740. The summed E-state index contributed by atoms with van der Waals surface area (Å²) in [7, 11) is 0. The smallest absolute Gasteiger partial charge is 0.407 e. The molecule has 0 bridgehead atoms. The van der Waals surface area contributed by atoms with Crippen LogP contribution in [0.15, 0.2) is 54.6 Å². The number of benzene rings is 2. The van der Waals surface area contributed by atoms with Crippen molar-refractivity contribution in [3.8, 4) is 5.75 Å². The highest BCUT2D eigenvalue weighted by Crippen LogP contribution is 2.21. The number of aryl methyl sites for hydroxylation is 1. The van der Waals surface area contributed by atoms with Gasteiger partial charge < -0.3 is 30.7 Å². The van der Waals surface area contributed by atoms with Crippen LogP contribution in [0.2, 0.25) is 0 Å². The zero-order chi connectivity index (χ0) is 63.7. The Morgan fingerprint density at radius 2 is 0.782 bits per heavy atom. The van der Waals surface area contributed by atoms with Gasteiger partial charge in [-0.3, -0.25) is 33.7 Å². The van der Waals surface area contributed by atoms with E-state index in [0.29, 0.717) is 75.9 Å². The Bertz CT molecular complexity index is 2050. The first kappa shape index (κ1) is 78.0. The van der Waals surface area contributed by atoms with Crippen molar-refractivity contribution in [1.82, 2.24) is 26.2 Å². The molecule has 87 heavy (non-hydrogen) atoms. The molecule has 494 valence electrons. The van der Waals surface area contributed by atoms with Crippen LogP contribution in [0.4, 0.5) is 4.79 Å². The SMILES string of the molecule is CCCCC[C@H](C)C(=O)CCCCC[C@H](C)C(=O)CCCCC[C@H](C)C(=O)NCCCN(CCCNC(=O)[C@@H](C)CCCCCC(=O)[C@@H](C)CCCCNC(=O)[C@@H](C)CCCCC)CCOc1ccc(CCCCNC(=O)OCc2ccccc2)cc1. The fourth-order valence-corrected chi connectivity index (χ4v) is 10.9. The van der Waals surface area contributed by atoms with Crippen molar-refractivity contribution in [2.75, 3.05) is 52.4 Å². The van der Waals surface area contributed by atoms with Crippen LogP contribution in [0.5, 0.6) is 5.75 Å². The van der Waals surface area contributed by atoms with E-state index in [1.54, 1.807) is 0 Å². The molecule has 0 saturated heterocycles. The molecule has 4 N–H and O–H groups in total. The van der Waals surface area contributed by atoms with Crippen LogP contribution >= 0.6 is 0 Å². The Hall–Kier alpha value is -5.11. The van der Waals surface area contributed by atoms with E-state index in [9.17, 15) is 33.6 Å². The molecule has 0 aromatic heterocycles. The molecule has 4 amide bonds. The van der Waals surface area contributed by atoms with Gasteiger partial charge in [-0.15, -0.1) is 0 Å². The molecule has 0 aliphatic heterocycles. The maximum Gasteiger partial charge on any atom is 0.407 e. The zero-order valence-corrected chi connectivity index (χ0v) is 56.1. The minimum Gasteiger partial charge on any atom is -0.492 e. The van der Waals surface area contributed by atoms with Gasteiger partial charge >= 0.3 is 6.09 Å². The first-order chi connectivity index (χ1) is 42.0. The molecule has 0 radical (unpaired) electrons. The van der Waals surface area contributed by atoms with Crippen LogP contribution in [-0.4, -0.2) is 98.5 Å².